The molecule has 4 nitrogen and oxygen atoms in total. The molecular weight excluding hydrogens is 272 g/mol. The first-order valence-corrected chi connectivity index (χ1v) is 8.08. The van der Waals surface area contributed by atoms with E-state index in [1.807, 2.05) is 6.07 Å². The number of hydrogen-bond donors (Lipinski definition) is 1. The van der Waals surface area contributed by atoms with Crippen molar-refractivity contribution in [1.82, 2.24) is 14.9 Å². The lowest BCUT2D eigenvalue weighted by Crippen LogP contribution is -2.35. The monoisotopic (exact) mass is 296 g/mol. The normalized spacial score (nSPS) is 17.4. The Morgan fingerprint density at radius 2 is 2.05 bits per heavy atom. The Kier molecular flexibility index (Phi) is 6.05. The molecule has 2 heterocycles. The highest BCUT2D eigenvalue weighted by Crippen LogP contribution is 2.18. The van der Waals surface area contributed by atoms with Crippen molar-refractivity contribution in [3.05, 3.63) is 17.0 Å². The fourth-order valence-electron chi connectivity index (χ4n) is 2.65. The molecule has 1 saturated heterocycles. The summed E-state index contributed by atoms with van der Waals surface area (Å²) >= 11 is 6.05. The summed E-state index contributed by atoms with van der Waals surface area (Å²) in [4.78, 5) is 11.3. The molecular formula is C15H25ClN4. The standard InChI is InChI=1S/C15H25ClN4/c1-3-5-14-18-13(16)10-15(19-14)17-11-12-6-8-20(4-2)9-7-12/h10,12H,3-9,11H2,1-2H3,(H,17,18,19). The second kappa shape index (κ2) is 7.79. The van der Waals surface area contributed by atoms with Gasteiger partial charge in [0.05, 0.1) is 0 Å². The quantitative estimate of drug-likeness (QED) is 0.818. The van der Waals surface area contributed by atoms with E-state index in [-0.39, 0.29) is 0 Å². The number of nitrogens with one attached hydrogen (secondary N) is 1. The lowest BCUT2D eigenvalue weighted by atomic mass is 9.97. The zero-order chi connectivity index (χ0) is 14.4. The average Bonchev–Trinajstić information content (AvgIpc) is 2.45. The van der Waals surface area contributed by atoms with Crippen LogP contribution in [0, 0.1) is 5.92 Å². The fraction of sp³-hybridized carbons (Fsp3) is 0.733. The molecule has 1 fully saturated rings. The highest BCUT2D eigenvalue weighted by atomic mass is 35.5. The van der Waals surface area contributed by atoms with E-state index < -0.39 is 0 Å². The number of aromatic nitrogens is 2. The highest BCUT2D eigenvalue weighted by Gasteiger charge is 2.17. The molecule has 0 saturated carbocycles. The van der Waals surface area contributed by atoms with E-state index in [0.29, 0.717) is 5.15 Å². The Bertz CT molecular complexity index is 416. The average molecular weight is 297 g/mol. The molecule has 0 bridgehead atoms. The summed E-state index contributed by atoms with van der Waals surface area (Å²) in [5, 5.41) is 3.97. The maximum Gasteiger partial charge on any atom is 0.134 e. The van der Waals surface area contributed by atoms with E-state index >= 15 is 0 Å². The predicted octanol–water partition coefficient (Wildman–Crippen LogP) is 3.23. The second-order valence-corrected chi connectivity index (χ2v) is 5.89. The zero-order valence-corrected chi connectivity index (χ0v) is 13.3. The summed E-state index contributed by atoms with van der Waals surface area (Å²) < 4.78 is 0. The van der Waals surface area contributed by atoms with Crippen molar-refractivity contribution in [2.75, 3.05) is 31.5 Å². The molecule has 112 valence electrons. The molecule has 1 aliphatic rings. The third-order valence-corrected chi connectivity index (χ3v) is 4.13. The van der Waals surface area contributed by atoms with Gasteiger partial charge in [0.2, 0.25) is 0 Å². The largest absolute Gasteiger partial charge is 0.370 e. The molecule has 1 aromatic heterocycles. The van der Waals surface area contributed by atoms with Crippen molar-refractivity contribution >= 4 is 17.4 Å². The minimum Gasteiger partial charge on any atom is -0.370 e. The first-order chi connectivity index (χ1) is 9.71. The van der Waals surface area contributed by atoms with E-state index in [4.69, 9.17) is 11.6 Å². The molecule has 0 atom stereocenters. The first kappa shape index (κ1) is 15.5. The minimum absolute atomic E-state index is 0.534. The van der Waals surface area contributed by atoms with Crippen LogP contribution in [0.3, 0.4) is 0 Å². The third-order valence-electron chi connectivity index (χ3n) is 3.94. The number of piperidine rings is 1. The van der Waals surface area contributed by atoms with Crippen LogP contribution in [0.2, 0.25) is 5.15 Å². The number of nitrogens with zero attached hydrogens (tertiary/aromatic N) is 3. The number of hydrogen-bond acceptors (Lipinski definition) is 4. The Hall–Kier alpha value is -0.870. The molecule has 1 N–H and O–H groups in total. The molecule has 1 aliphatic heterocycles. The van der Waals surface area contributed by atoms with Gasteiger partial charge in [0.15, 0.2) is 0 Å². The lowest BCUT2D eigenvalue weighted by molar-refractivity contribution is 0.198. The maximum absolute atomic E-state index is 6.05. The van der Waals surface area contributed by atoms with E-state index in [9.17, 15) is 0 Å². The van der Waals surface area contributed by atoms with Crippen LogP contribution < -0.4 is 5.32 Å². The fourth-order valence-corrected chi connectivity index (χ4v) is 2.85. The molecule has 2 rings (SSSR count). The van der Waals surface area contributed by atoms with Crippen LogP contribution in [-0.2, 0) is 6.42 Å². The Morgan fingerprint density at radius 1 is 1.30 bits per heavy atom. The summed E-state index contributed by atoms with van der Waals surface area (Å²) in [6.45, 7) is 8.94. The van der Waals surface area contributed by atoms with Gasteiger partial charge in [0, 0.05) is 19.0 Å². The second-order valence-electron chi connectivity index (χ2n) is 5.50. The van der Waals surface area contributed by atoms with Crippen LogP contribution in [0.4, 0.5) is 5.82 Å². The van der Waals surface area contributed by atoms with Crippen LogP contribution in [0.1, 0.15) is 38.9 Å². The highest BCUT2D eigenvalue weighted by molar-refractivity contribution is 6.29. The van der Waals surface area contributed by atoms with E-state index in [1.54, 1.807) is 0 Å². The predicted molar refractivity (Wildman–Crippen MR) is 84.4 cm³/mol. The van der Waals surface area contributed by atoms with Crippen molar-refractivity contribution in [2.24, 2.45) is 5.92 Å². The van der Waals surface area contributed by atoms with Crippen LogP contribution in [-0.4, -0.2) is 41.0 Å². The van der Waals surface area contributed by atoms with Crippen molar-refractivity contribution in [3.63, 3.8) is 0 Å². The van der Waals surface area contributed by atoms with Crippen LogP contribution in [0.25, 0.3) is 0 Å². The summed E-state index contributed by atoms with van der Waals surface area (Å²) in [6.07, 6.45) is 4.45. The topological polar surface area (TPSA) is 41.1 Å². The number of anilines is 1. The summed E-state index contributed by atoms with van der Waals surface area (Å²) in [6, 6.07) is 1.82. The molecule has 0 aromatic carbocycles. The number of aryl methyl sites for hydroxylation is 1. The van der Waals surface area contributed by atoms with Crippen molar-refractivity contribution in [1.29, 1.82) is 0 Å². The van der Waals surface area contributed by atoms with Gasteiger partial charge in [-0.05, 0) is 44.8 Å². The molecule has 0 unspecified atom stereocenters. The zero-order valence-electron chi connectivity index (χ0n) is 12.5. The third kappa shape index (κ3) is 4.60. The Labute approximate surface area is 126 Å². The van der Waals surface area contributed by atoms with Gasteiger partial charge in [-0.2, -0.15) is 0 Å². The lowest BCUT2D eigenvalue weighted by Gasteiger charge is -2.31. The van der Waals surface area contributed by atoms with Gasteiger partial charge in [-0.3, -0.25) is 0 Å². The van der Waals surface area contributed by atoms with E-state index in [0.717, 1.165) is 36.9 Å². The number of halogens is 1. The molecule has 5 heteroatoms. The first-order valence-electron chi connectivity index (χ1n) is 7.71. The number of likely N-dealkylation sites (tertiary alicyclic amines) is 1. The van der Waals surface area contributed by atoms with Gasteiger partial charge in [-0.25, -0.2) is 9.97 Å². The summed E-state index contributed by atoms with van der Waals surface area (Å²) in [5.74, 6) is 2.44. The summed E-state index contributed by atoms with van der Waals surface area (Å²) in [7, 11) is 0. The Morgan fingerprint density at radius 3 is 2.70 bits per heavy atom. The van der Waals surface area contributed by atoms with Gasteiger partial charge >= 0.3 is 0 Å². The van der Waals surface area contributed by atoms with Gasteiger partial charge in [0.25, 0.3) is 0 Å². The molecule has 0 aliphatic carbocycles. The molecule has 0 spiro atoms. The van der Waals surface area contributed by atoms with Gasteiger partial charge in [-0.15, -0.1) is 0 Å². The van der Waals surface area contributed by atoms with Gasteiger partial charge in [-0.1, -0.05) is 25.4 Å². The van der Waals surface area contributed by atoms with Crippen molar-refractivity contribution in [3.8, 4) is 0 Å². The smallest absolute Gasteiger partial charge is 0.134 e. The van der Waals surface area contributed by atoms with Gasteiger partial charge < -0.3 is 10.2 Å². The molecule has 20 heavy (non-hydrogen) atoms. The SMILES string of the molecule is CCCc1nc(Cl)cc(NCC2CCN(CC)CC2)n1. The maximum atomic E-state index is 6.05. The number of rotatable bonds is 6. The van der Waals surface area contributed by atoms with Crippen molar-refractivity contribution < 1.29 is 0 Å². The van der Waals surface area contributed by atoms with E-state index in [2.05, 4.69) is 34.0 Å². The summed E-state index contributed by atoms with van der Waals surface area (Å²) in [5.41, 5.74) is 0. The van der Waals surface area contributed by atoms with Crippen LogP contribution >= 0.6 is 11.6 Å². The Balaban J connectivity index is 1.84. The molecule has 0 radical (unpaired) electrons. The van der Waals surface area contributed by atoms with Gasteiger partial charge in [0.1, 0.15) is 16.8 Å². The molecule has 0 amide bonds. The van der Waals surface area contributed by atoms with Crippen LogP contribution in [0.5, 0.6) is 0 Å². The van der Waals surface area contributed by atoms with E-state index in [1.165, 1.54) is 32.5 Å². The van der Waals surface area contributed by atoms with Crippen molar-refractivity contribution in [2.45, 2.75) is 39.5 Å². The van der Waals surface area contributed by atoms with Crippen LogP contribution in [0.15, 0.2) is 6.07 Å². The molecule has 1 aromatic rings. The minimum atomic E-state index is 0.534.